The summed E-state index contributed by atoms with van der Waals surface area (Å²) >= 11 is 0. The molecule has 0 radical (unpaired) electrons. The quantitative estimate of drug-likeness (QED) is 0.181. The van der Waals surface area contributed by atoms with Gasteiger partial charge in [-0.3, -0.25) is 15.1 Å². The molecule has 1 rings (SSSR count). The second-order valence-electron chi connectivity index (χ2n) is 5.69. The van der Waals surface area contributed by atoms with E-state index in [1.807, 2.05) is 0 Å². The predicted octanol–water partition coefficient (Wildman–Crippen LogP) is 1.92. The molecule has 0 amide bonds. The van der Waals surface area contributed by atoms with Crippen LogP contribution in [0.3, 0.4) is 0 Å². The molecule has 3 N–H and O–H groups in total. The van der Waals surface area contributed by atoms with Gasteiger partial charge in [0.05, 0.1) is 22.8 Å². The lowest BCUT2D eigenvalue weighted by Gasteiger charge is -2.13. The maximum atomic E-state index is 12.2. The Morgan fingerprint density at radius 1 is 1.25 bits per heavy atom. The number of alkyl halides is 3. The van der Waals surface area contributed by atoms with Crippen LogP contribution in [0, 0.1) is 10.1 Å². The number of nitro benzene ring substituents is 1. The van der Waals surface area contributed by atoms with Crippen LogP contribution in [0.15, 0.2) is 28.1 Å². The number of nitro groups is 1. The molecule has 0 aliphatic carbocycles. The van der Waals surface area contributed by atoms with Gasteiger partial charge in [-0.15, -0.1) is 0 Å². The first kappa shape index (κ1) is 23.5. The Balaban J connectivity index is 2.68. The molecule has 1 aromatic carbocycles. The van der Waals surface area contributed by atoms with Crippen LogP contribution in [0.25, 0.3) is 0 Å². The van der Waals surface area contributed by atoms with Crippen molar-refractivity contribution in [2.75, 3.05) is 37.8 Å². The monoisotopic (exact) mass is 425 g/mol. The molecule has 13 heteroatoms. The van der Waals surface area contributed by atoms with Crippen molar-refractivity contribution in [2.45, 2.75) is 24.4 Å². The molecule has 0 aliphatic rings. The Morgan fingerprint density at radius 3 is 2.46 bits per heavy atom. The first-order valence-electron chi connectivity index (χ1n) is 8.25. The van der Waals surface area contributed by atoms with E-state index >= 15 is 0 Å². The summed E-state index contributed by atoms with van der Waals surface area (Å²) in [5, 5.41) is 19.5. The molecule has 9 nitrogen and oxygen atoms in total. The van der Waals surface area contributed by atoms with E-state index in [0.717, 1.165) is 12.3 Å². The van der Waals surface area contributed by atoms with E-state index in [2.05, 4.69) is 20.9 Å². The molecule has 1 aromatic rings. The molecule has 0 unspecified atom stereocenters. The zero-order valence-electron chi connectivity index (χ0n) is 15.3. The van der Waals surface area contributed by atoms with Crippen LogP contribution in [0.4, 0.5) is 24.5 Å². The summed E-state index contributed by atoms with van der Waals surface area (Å²) in [5.41, 5.74) is -0.271. The lowest BCUT2D eigenvalue weighted by molar-refractivity contribution is -0.384. The summed E-state index contributed by atoms with van der Waals surface area (Å²) in [6.07, 6.45) is -4.39. The predicted molar refractivity (Wildman–Crippen MR) is 99.3 cm³/mol. The number of hydrogen-bond donors (Lipinski definition) is 3. The van der Waals surface area contributed by atoms with Gasteiger partial charge >= 0.3 is 6.18 Å². The lowest BCUT2D eigenvalue weighted by Crippen LogP contribution is -2.39. The van der Waals surface area contributed by atoms with Crippen LogP contribution in [0.2, 0.25) is 0 Å². The molecular formula is C15H22F3N5O4S. The smallest absolute Gasteiger partial charge is 0.378 e. The molecule has 0 bridgehead atoms. The molecular weight excluding hydrogens is 403 g/mol. The van der Waals surface area contributed by atoms with Crippen LogP contribution in [0.1, 0.15) is 13.3 Å². The Hall–Kier alpha value is -2.57. The van der Waals surface area contributed by atoms with E-state index < -0.39 is 39.6 Å². The first-order chi connectivity index (χ1) is 12.9. The molecule has 158 valence electrons. The number of halogens is 3. The highest BCUT2D eigenvalue weighted by Crippen LogP contribution is 2.27. The average Bonchev–Trinajstić information content (AvgIpc) is 2.56. The Kier molecular flexibility index (Phi) is 8.47. The average molecular weight is 425 g/mol. The van der Waals surface area contributed by atoms with Crippen LogP contribution in [0.5, 0.6) is 0 Å². The van der Waals surface area contributed by atoms with Gasteiger partial charge in [0.1, 0.15) is 5.69 Å². The van der Waals surface area contributed by atoms with E-state index in [9.17, 15) is 31.7 Å². The number of hydrogen-bond acceptors (Lipinski definition) is 6. The van der Waals surface area contributed by atoms with Gasteiger partial charge in [0.15, 0.2) is 15.8 Å². The summed E-state index contributed by atoms with van der Waals surface area (Å²) in [7, 11) is -3.59. The Labute approximate surface area is 160 Å². The van der Waals surface area contributed by atoms with E-state index in [4.69, 9.17) is 0 Å². The number of benzene rings is 1. The zero-order valence-corrected chi connectivity index (χ0v) is 16.2. The normalized spacial score (nSPS) is 12.5. The summed E-state index contributed by atoms with van der Waals surface area (Å²) in [4.78, 5) is 14.1. The van der Waals surface area contributed by atoms with Gasteiger partial charge in [-0.25, -0.2) is 8.42 Å². The van der Waals surface area contributed by atoms with Gasteiger partial charge in [0.25, 0.3) is 5.69 Å². The molecule has 0 atom stereocenters. The maximum Gasteiger partial charge on any atom is 0.390 e. The van der Waals surface area contributed by atoms with Gasteiger partial charge in [-0.2, -0.15) is 13.2 Å². The van der Waals surface area contributed by atoms with Crippen LogP contribution < -0.4 is 16.0 Å². The summed E-state index contributed by atoms with van der Waals surface area (Å²) in [5.74, 6) is 0.190. The molecule has 0 aromatic heterocycles. The third kappa shape index (κ3) is 8.41. The fraction of sp³-hybridized carbons (Fsp3) is 0.533. The van der Waals surface area contributed by atoms with Crippen molar-refractivity contribution in [3.63, 3.8) is 0 Å². The van der Waals surface area contributed by atoms with Gasteiger partial charge in [-0.1, -0.05) is 0 Å². The van der Waals surface area contributed by atoms with E-state index in [-0.39, 0.29) is 29.6 Å². The number of aliphatic imine (C=N–C) groups is 1. The van der Waals surface area contributed by atoms with Gasteiger partial charge < -0.3 is 16.0 Å². The number of sulfone groups is 1. The van der Waals surface area contributed by atoms with Crippen molar-refractivity contribution in [1.29, 1.82) is 0 Å². The highest BCUT2D eigenvalue weighted by atomic mass is 32.2. The molecule has 28 heavy (non-hydrogen) atoms. The standard InChI is InChI=1S/C15H22F3N5O4S/c1-3-19-14(21-7-6-15(16,17)18)22-9-8-20-12-5-4-11(28(2,26)27)10-13(12)23(24)25/h4-5,10,20H,3,6-9H2,1-2H3,(H2,19,21,22). The third-order valence-corrected chi connectivity index (χ3v) is 4.45. The van der Waals surface area contributed by atoms with Crippen LogP contribution in [-0.4, -0.2) is 57.9 Å². The minimum Gasteiger partial charge on any atom is -0.378 e. The number of nitrogens with zero attached hydrogens (tertiary/aromatic N) is 2. The van der Waals surface area contributed by atoms with Crippen molar-refractivity contribution in [2.24, 2.45) is 4.99 Å². The molecule has 0 saturated carbocycles. The lowest BCUT2D eigenvalue weighted by atomic mass is 10.2. The molecule has 0 saturated heterocycles. The summed E-state index contributed by atoms with van der Waals surface area (Å²) < 4.78 is 59.6. The minimum atomic E-state index is -4.29. The third-order valence-electron chi connectivity index (χ3n) is 3.34. The van der Waals surface area contributed by atoms with E-state index in [0.29, 0.717) is 6.54 Å². The van der Waals surface area contributed by atoms with Crippen molar-refractivity contribution in [3.05, 3.63) is 28.3 Å². The summed E-state index contributed by atoms with van der Waals surface area (Å²) in [6, 6.07) is 3.51. The highest BCUT2D eigenvalue weighted by Gasteiger charge is 2.26. The SMILES string of the molecule is CCNC(=NCCC(F)(F)F)NCCNc1ccc(S(C)(=O)=O)cc1[N+](=O)[O-]. The second kappa shape index (κ2) is 10.1. The van der Waals surface area contributed by atoms with Crippen molar-refractivity contribution in [1.82, 2.24) is 10.6 Å². The van der Waals surface area contributed by atoms with E-state index in [1.54, 1.807) is 6.92 Å². The van der Waals surface area contributed by atoms with Crippen LogP contribution in [-0.2, 0) is 9.84 Å². The highest BCUT2D eigenvalue weighted by molar-refractivity contribution is 7.90. The molecule has 0 heterocycles. The van der Waals surface area contributed by atoms with Gasteiger partial charge in [0.2, 0.25) is 0 Å². The molecule has 0 fully saturated rings. The Bertz CT molecular complexity index is 812. The second-order valence-corrected chi connectivity index (χ2v) is 7.70. The Morgan fingerprint density at radius 2 is 1.93 bits per heavy atom. The van der Waals surface area contributed by atoms with Gasteiger partial charge in [0, 0.05) is 32.0 Å². The topological polar surface area (TPSA) is 126 Å². The zero-order chi connectivity index (χ0) is 21.4. The number of rotatable bonds is 9. The van der Waals surface area contributed by atoms with Crippen LogP contribution >= 0.6 is 0 Å². The minimum absolute atomic E-state index is 0.123. The summed E-state index contributed by atoms with van der Waals surface area (Å²) in [6.45, 7) is 2.17. The van der Waals surface area contributed by atoms with Crippen molar-refractivity contribution < 1.29 is 26.5 Å². The maximum absolute atomic E-state index is 12.2. The molecule has 0 aliphatic heterocycles. The number of guanidine groups is 1. The molecule has 0 spiro atoms. The fourth-order valence-corrected chi connectivity index (χ4v) is 2.70. The van der Waals surface area contributed by atoms with Gasteiger partial charge in [-0.05, 0) is 19.1 Å². The number of anilines is 1. The van der Waals surface area contributed by atoms with Crippen molar-refractivity contribution >= 4 is 27.2 Å². The number of nitrogens with one attached hydrogen (secondary N) is 3. The van der Waals surface area contributed by atoms with E-state index in [1.165, 1.54) is 12.1 Å². The fourth-order valence-electron chi connectivity index (χ4n) is 2.06. The first-order valence-corrected chi connectivity index (χ1v) is 10.1. The van der Waals surface area contributed by atoms with Crippen molar-refractivity contribution in [3.8, 4) is 0 Å². The largest absolute Gasteiger partial charge is 0.390 e.